The first-order valence-corrected chi connectivity index (χ1v) is 7.87. The Morgan fingerprint density at radius 2 is 1.76 bits per heavy atom. The smallest absolute Gasteiger partial charge is 0.162 e. The average molecular weight is 397 g/mol. The molecule has 0 aliphatic heterocycles. The van der Waals surface area contributed by atoms with Crippen LogP contribution in [0.15, 0.2) is 12.1 Å². The molecule has 1 N–H and O–H groups in total. The second-order valence-electron chi connectivity index (χ2n) is 5.09. The third kappa shape index (κ3) is 3.35. The lowest BCUT2D eigenvalue weighted by Gasteiger charge is -2.13. The van der Waals surface area contributed by atoms with Gasteiger partial charge < -0.3 is 10.1 Å². The predicted octanol–water partition coefficient (Wildman–Crippen LogP) is 3.86. The van der Waals surface area contributed by atoms with Crippen molar-refractivity contribution < 1.29 is 4.74 Å². The highest BCUT2D eigenvalue weighted by Gasteiger charge is 2.14. The molecule has 1 aromatic heterocycles. The van der Waals surface area contributed by atoms with E-state index in [4.69, 9.17) is 4.74 Å². The van der Waals surface area contributed by atoms with Crippen molar-refractivity contribution in [1.82, 2.24) is 9.97 Å². The van der Waals surface area contributed by atoms with Crippen LogP contribution in [-0.4, -0.2) is 24.1 Å². The van der Waals surface area contributed by atoms with Gasteiger partial charge in [-0.15, -0.1) is 0 Å². The summed E-state index contributed by atoms with van der Waals surface area (Å²) >= 11 is 2.25. The molecule has 0 aliphatic rings. The fourth-order valence-electron chi connectivity index (χ4n) is 2.21. The summed E-state index contributed by atoms with van der Waals surface area (Å²) in [5, 5.41) is 3.14. The van der Waals surface area contributed by atoms with Crippen LogP contribution in [0.25, 0.3) is 11.4 Å². The zero-order valence-electron chi connectivity index (χ0n) is 13.0. The second-order valence-corrected chi connectivity index (χ2v) is 6.17. The summed E-state index contributed by atoms with van der Waals surface area (Å²) in [5.41, 5.74) is 5.70. The number of ether oxygens (including phenoxy) is 1. The largest absolute Gasteiger partial charge is 0.378 e. The van der Waals surface area contributed by atoms with Gasteiger partial charge in [0.2, 0.25) is 0 Å². The SMILES string of the molecule is CNc1nc(-c2cc(C)c(C)cc2C)nc(COC)c1I. The van der Waals surface area contributed by atoms with Crippen LogP contribution in [0.1, 0.15) is 22.4 Å². The zero-order chi connectivity index (χ0) is 15.6. The molecule has 4 nitrogen and oxygen atoms in total. The molecule has 0 bridgehead atoms. The van der Waals surface area contributed by atoms with Crippen LogP contribution in [0.3, 0.4) is 0 Å². The monoisotopic (exact) mass is 397 g/mol. The molecule has 21 heavy (non-hydrogen) atoms. The number of halogens is 1. The molecule has 0 radical (unpaired) electrons. The number of nitrogens with zero attached hydrogens (tertiary/aromatic N) is 2. The molecule has 2 aromatic rings. The molecule has 2 rings (SSSR count). The number of anilines is 1. The van der Waals surface area contributed by atoms with E-state index in [0.29, 0.717) is 6.61 Å². The van der Waals surface area contributed by atoms with Crippen LogP contribution >= 0.6 is 22.6 Å². The lowest BCUT2D eigenvalue weighted by Crippen LogP contribution is -2.07. The highest BCUT2D eigenvalue weighted by molar-refractivity contribution is 14.1. The summed E-state index contributed by atoms with van der Waals surface area (Å²) in [7, 11) is 3.55. The van der Waals surface area contributed by atoms with E-state index in [1.807, 2.05) is 7.05 Å². The van der Waals surface area contributed by atoms with E-state index in [1.165, 1.54) is 16.7 Å². The van der Waals surface area contributed by atoms with Crippen molar-refractivity contribution in [3.05, 3.63) is 38.1 Å². The molecule has 0 atom stereocenters. The van der Waals surface area contributed by atoms with Gasteiger partial charge in [-0.05, 0) is 66.1 Å². The van der Waals surface area contributed by atoms with E-state index in [2.05, 4.69) is 70.8 Å². The Morgan fingerprint density at radius 3 is 2.38 bits per heavy atom. The number of nitrogens with one attached hydrogen (secondary N) is 1. The fraction of sp³-hybridized carbons (Fsp3) is 0.375. The van der Waals surface area contributed by atoms with E-state index < -0.39 is 0 Å². The molecule has 0 saturated carbocycles. The number of hydrogen-bond donors (Lipinski definition) is 1. The molecular weight excluding hydrogens is 377 g/mol. The highest BCUT2D eigenvalue weighted by atomic mass is 127. The number of hydrogen-bond acceptors (Lipinski definition) is 4. The number of aromatic nitrogens is 2. The second kappa shape index (κ2) is 6.70. The van der Waals surface area contributed by atoms with Crippen molar-refractivity contribution in [2.45, 2.75) is 27.4 Å². The van der Waals surface area contributed by atoms with Crippen LogP contribution in [-0.2, 0) is 11.3 Å². The van der Waals surface area contributed by atoms with Gasteiger partial charge in [-0.2, -0.15) is 0 Å². The molecule has 112 valence electrons. The maximum Gasteiger partial charge on any atom is 0.162 e. The van der Waals surface area contributed by atoms with E-state index in [-0.39, 0.29) is 0 Å². The maximum absolute atomic E-state index is 5.25. The Morgan fingerprint density at radius 1 is 1.10 bits per heavy atom. The maximum atomic E-state index is 5.25. The molecule has 0 spiro atoms. The number of aryl methyl sites for hydroxylation is 3. The molecule has 1 aromatic carbocycles. The minimum absolute atomic E-state index is 0.479. The van der Waals surface area contributed by atoms with Crippen LogP contribution in [0.5, 0.6) is 0 Å². The van der Waals surface area contributed by atoms with Gasteiger partial charge in [0, 0.05) is 19.7 Å². The zero-order valence-corrected chi connectivity index (χ0v) is 15.2. The summed E-state index contributed by atoms with van der Waals surface area (Å²) in [6.07, 6.45) is 0. The Hall–Kier alpha value is -1.21. The van der Waals surface area contributed by atoms with Crippen LogP contribution in [0.2, 0.25) is 0 Å². The molecule has 1 heterocycles. The average Bonchev–Trinajstić information content (AvgIpc) is 2.45. The Labute approximate surface area is 139 Å². The van der Waals surface area contributed by atoms with Gasteiger partial charge in [-0.3, -0.25) is 0 Å². The van der Waals surface area contributed by atoms with Gasteiger partial charge in [0.05, 0.1) is 15.9 Å². The number of benzene rings is 1. The molecule has 0 aliphatic carbocycles. The molecule has 0 amide bonds. The summed E-state index contributed by atoms with van der Waals surface area (Å²) in [4.78, 5) is 9.34. The quantitative estimate of drug-likeness (QED) is 0.796. The molecule has 0 saturated heterocycles. The van der Waals surface area contributed by atoms with Gasteiger partial charge in [0.15, 0.2) is 5.82 Å². The third-order valence-corrected chi connectivity index (χ3v) is 4.65. The molecule has 0 fully saturated rings. The summed E-state index contributed by atoms with van der Waals surface area (Å²) in [5.74, 6) is 1.58. The van der Waals surface area contributed by atoms with E-state index in [0.717, 1.165) is 26.5 Å². The van der Waals surface area contributed by atoms with Crippen molar-refractivity contribution in [1.29, 1.82) is 0 Å². The first kappa shape index (κ1) is 16.2. The topological polar surface area (TPSA) is 47.0 Å². The summed E-state index contributed by atoms with van der Waals surface area (Å²) in [6.45, 7) is 6.81. The first-order chi connectivity index (χ1) is 9.97. The normalized spacial score (nSPS) is 10.8. The van der Waals surface area contributed by atoms with Crippen molar-refractivity contribution in [3.63, 3.8) is 0 Å². The van der Waals surface area contributed by atoms with Gasteiger partial charge in [0.25, 0.3) is 0 Å². The van der Waals surface area contributed by atoms with E-state index in [1.54, 1.807) is 7.11 Å². The lowest BCUT2D eigenvalue weighted by molar-refractivity contribution is 0.181. The van der Waals surface area contributed by atoms with E-state index in [9.17, 15) is 0 Å². The predicted molar refractivity (Wildman–Crippen MR) is 94.7 cm³/mol. The van der Waals surface area contributed by atoms with Gasteiger partial charge >= 0.3 is 0 Å². The lowest BCUT2D eigenvalue weighted by atomic mass is 10.0. The first-order valence-electron chi connectivity index (χ1n) is 6.79. The Bertz CT molecular complexity index is 671. The van der Waals surface area contributed by atoms with Gasteiger partial charge in [0.1, 0.15) is 5.82 Å². The van der Waals surface area contributed by atoms with E-state index >= 15 is 0 Å². The van der Waals surface area contributed by atoms with Crippen LogP contribution < -0.4 is 5.32 Å². The van der Waals surface area contributed by atoms with Gasteiger partial charge in [-0.1, -0.05) is 6.07 Å². The van der Waals surface area contributed by atoms with Crippen molar-refractivity contribution in [2.24, 2.45) is 0 Å². The van der Waals surface area contributed by atoms with Gasteiger partial charge in [-0.25, -0.2) is 9.97 Å². The highest BCUT2D eigenvalue weighted by Crippen LogP contribution is 2.28. The number of methoxy groups -OCH3 is 1. The fourth-order valence-corrected chi connectivity index (χ4v) is 2.88. The van der Waals surface area contributed by atoms with Crippen molar-refractivity contribution in [3.8, 4) is 11.4 Å². The van der Waals surface area contributed by atoms with Crippen LogP contribution in [0.4, 0.5) is 5.82 Å². The summed E-state index contributed by atoms with van der Waals surface area (Å²) < 4.78 is 6.25. The minimum atomic E-state index is 0.479. The minimum Gasteiger partial charge on any atom is -0.378 e. The van der Waals surface area contributed by atoms with Crippen molar-refractivity contribution >= 4 is 28.4 Å². The molecular formula is C16H20IN3O. The number of rotatable bonds is 4. The molecule has 0 unspecified atom stereocenters. The standard InChI is InChI=1S/C16H20IN3O/c1-9-6-11(3)12(7-10(9)2)15-19-13(8-21-5)14(17)16(18-4)20-15/h6-7H,8H2,1-5H3,(H,18,19,20). The Kier molecular flexibility index (Phi) is 5.16. The Balaban J connectivity index is 2.63. The third-order valence-electron chi connectivity index (χ3n) is 3.52. The molecule has 5 heteroatoms. The van der Waals surface area contributed by atoms with Crippen LogP contribution in [0, 0.1) is 24.3 Å². The van der Waals surface area contributed by atoms with Crippen molar-refractivity contribution in [2.75, 3.05) is 19.5 Å². The summed E-state index contributed by atoms with van der Waals surface area (Å²) in [6, 6.07) is 4.34.